The highest BCUT2D eigenvalue weighted by Gasteiger charge is 2.13. The van der Waals surface area contributed by atoms with Crippen LogP contribution in [0.2, 0.25) is 0 Å². The molecule has 1 fully saturated rings. The maximum atomic E-state index is 5.47. The van der Waals surface area contributed by atoms with Gasteiger partial charge >= 0.3 is 0 Å². The van der Waals surface area contributed by atoms with Crippen molar-refractivity contribution in [1.29, 1.82) is 0 Å². The fourth-order valence-electron chi connectivity index (χ4n) is 2.04. The lowest BCUT2D eigenvalue weighted by atomic mass is 10.00. The molecule has 0 bridgehead atoms. The third-order valence-corrected chi connectivity index (χ3v) is 2.85. The summed E-state index contributed by atoms with van der Waals surface area (Å²) in [6.07, 6.45) is 2.53. The van der Waals surface area contributed by atoms with Crippen molar-refractivity contribution >= 4 is 0 Å². The van der Waals surface area contributed by atoms with Gasteiger partial charge in [0.2, 0.25) is 0 Å². The Balaban J connectivity index is 2.06. The number of piperidine rings is 1. The molecule has 0 spiro atoms. The minimum absolute atomic E-state index is 0.0912. The second-order valence-corrected chi connectivity index (χ2v) is 4.21. The van der Waals surface area contributed by atoms with Crippen molar-refractivity contribution in [2.24, 2.45) is 5.92 Å². The van der Waals surface area contributed by atoms with Gasteiger partial charge in [-0.1, -0.05) is 0 Å². The highest BCUT2D eigenvalue weighted by molar-refractivity contribution is 4.71. The van der Waals surface area contributed by atoms with Gasteiger partial charge in [0.05, 0.1) is 0 Å². The average molecular weight is 230 g/mol. The molecule has 0 saturated carbocycles. The minimum Gasteiger partial charge on any atom is -0.352 e. The Morgan fingerprint density at radius 3 is 2.62 bits per heavy atom. The molecule has 1 heterocycles. The molecule has 0 aromatic heterocycles. The maximum Gasteiger partial charge on any atom is 0.169 e. The van der Waals surface area contributed by atoms with Crippen molar-refractivity contribution < 1.29 is 9.47 Å². The highest BCUT2D eigenvalue weighted by Crippen LogP contribution is 2.08. The predicted molar refractivity (Wildman–Crippen MR) is 65.5 cm³/mol. The number of nitrogens with one attached hydrogen (secondary N) is 2. The van der Waals surface area contributed by atoms with Gasteiger partial charge in [0.1, 0.15) is 0 Å². The van der Waals surface area contributed by atoms with E-state index in [2.05, 4.69) is 10.6 Å². The summed E-state index contributed by atoms with van der Waals surface area (Å²) in [6, 6.07) is 0. The van der Waals surface area contributed by atoms with Crippen molar-refractivity contribution in [3.05, 3.63) is 0 Å². The molecule has 2 N–H and O–H groups in total. The summed E-state index contributed by atoms with van der Waals surface area (Å²) in [7, 11) is 0. The molecule has 4 nitrogen and oxygen atoms in total. The number of hydrogen-bond donors (Lipinski definition) is 2. The lowest BCUT2D eigenvalue weighted by Crippen LogP contribution is -2.39. The Morgan fingerprint density at radius 2 is 2.06 bits per heavy atom. The van der Waals surface area contributed by atoms with Crippen molar-refractivity contribution in [1.82, 2.24) is 10.6 Å². The van der Waals surface area contributed by atoms with Gasteiger partial charge in [-0.3, -0.25) is 0 Å². The Labute approximate surface area is 99.1 Å². The van der Waals surface area contributed by atoms with E-state index in [4.69, 9.17) is 9.47 Å². The third-order valence-electron chi connectivity index (χ3n) is 2.85. The van der Waals surface area contributed by atoms with Gasteiger partial charge in [-0.2, -0.15) is 0 Å². The second-order valence-electron chi connectivity index (χ2n) is 4.21. The Kier molecular flexibility index (Phi) is 7.76. The first-order chi connectivity index (χ1) is 7.86. The van der Waals surface area contributed by atoms with Crippen molar-refractivity contribution in [3.63, 3.8) is 0 Å². The van der Waals surface area contributed by atoms with Gasteiger partial charge in [-0.25, -0.2) is 0 Å². The Morgan fingerprint density at radius 1 is 1.31 bits per heavy atom. The SMILES string of the molecule is CCOC(CNCC1CCCNC1)OCC. The monoisotopic (exact) mass is 230 g/mol. The molecular weight excluding hydrogens is 204 g/mol. The van der Waals surface area contributed by atoms with E-state index in [1.165, 1.54) is 19.4 Å². The van der Waals surface area contributed by atoms with Crippen molar-refractivity contribution in [3.8, 4) is 0 Å². The molecule has 1 aliphatic rings. The van der Waals surface area contributed by atoms with E-state index in [0.29, 0.717) is 13.2 Å². The van der Waals surface area contributed by atoms with Crippen LogP contribution in [0.4, 0.5) is 0 Å². The highest BCUT2D eigenvalue weighted by atomic mass is 16.7. The van der Waals surface area contributed by atoms with Gasteiger partial charge in [0, 0.05) is 19.8 Å². The molecule has 1 unspecified atom stereocenters. The zero-order valence-corrected chi connectivity index (χ0v) is 10.6. The van der Waals surface area contributed by atoms with Crippen LogP contribution in [0.3, 0.4) is 0 Å². The molecule has 1 rings (SSSR count). The molecule has 0 aromatic rings. The van der Waals surface area contributed by atoms with E-state index in [0.717, 1.165) is 25.6 Å². The van der Waals surface area contributed by atoms with Gasteiger partial charge in [-0.15, -0.1) is 0 Å². The predicted octanol–water partition coefficient (Wildman–Crippen LogP) is 0.975. The number of ether oxygens (including phenoxy) is 2. The topological polar surface area (TPSA) is 42.5 Å². The molecule has 1 aliphatic heterocycles. The molecule has 1 saturated heterocycles. The molecular formula is C12H26N2O2. The fraction of sp³-hybridized carbons (Fsp3) is 1.00. The van der Waals surface area contributed by atoms with E-state index in [1.807, 2.05) is 13.8 Å². The molecule has 96 valence electrons. The van der Waals surface area contributed by atoms with Crippen molar-refractivity contribution in [2.45, 2.75) is 33.0 Å². The number of rotatable bonds is 8. The summed E-state index contributed by atoms with van der Waals surface area (Å²) in [4.78, 5) is 0. The van der Waals surface area contributed by atoms with Crippen LogP contribution in [0.25, 0.3) is 0 Å². The second kappa shape index (κ2) is 8.93. The van der Waals surface area contributed by atoms with Crippen LogP contribution in [0.1, 0.15) is 26.7 Å². The van der Waals surface area contributed by atoms with Crippen LogP contribution in [0.5, 0.6) is 0 Å². The van der Waals surface area contributed by atoms with Gasteiger partial charge in [0.25, 0.3) is 0 Å². The van der Waals surface area contributed by atoms with Crippen LogP contribution in [-0.2, 0) is 9.47 Å². The summed E-state index contributed by atoms with van der Waals surface area (Å²) >= 11 is 0. The van der Waals surface area contributed by atoms with Gasteiger partial charge in [-0.05, 0) is 52.2 Å². The first-order valence-corrected chi connectivity index (χ1v) is 6.51. The summed E-state index contributed by atoms with van der Waals surface area (Å²) in [5.41, 5.74) is 0. The largest absolute Gasteiger partial charge is 0.352 e. The smallest absolute Gasteiger partial charge is 0.169 e. The Bertz CT molecular complexity index is 155. The molecule has 4 heteroatoms. The molecule has 0 aliphatic carbocycles. The maximum absolute atomic E-state index is 5.47. The first kappa shape index (κ1) is 13.9. The summed E-state index contributed by atoms with van der Waals surface area (Å²) in [5, 5.41) is 6.86. The van der Waals surface area contributed by atoms with Crippen LogP contribution in [-0.4, -0.2) is 45.7 Å². The van der Waals surface area contributed by atoms with E-state index in [-0.39, 0.29) is 6.29 Å². The molecule has 16 heavy (non-hydrogen) atoms. The third kappa shape index (κ3) is 5.80. The lowest BCUT2D eigenvalue weighted by Gasteiger charge is -2.24. The molecule has 1 atom stereocenters. The quantitative estimate of drug-likeness (QED) is 0.610. The number of hydrogen-bond acceptors (Lipinski definition) is 4. The van der Waals surface area contributed by atoms with E-state index < -0.39 is 0 Å². The van der Waals surface area contributed by atoms with Crippen LogP contribution >= 0.6 is 0 Å². The lowest BCUT2D eigenvalue weighted by molar-refractivity contribution is -0.133. The molecule has 0 amide bonds. The molecule has 0 radical (unpaired) electrons. The summed E-state index contributed by atoms with van der Waals surface area (Å²) < 4.78 is 10.9. The minimum atomic E-state index is -0.0912. The van der Waals surface area contributed by atoms with Gasteiger partial charge in [0.15, 0.2) is 6.29 Å². The molecule has 0 aromatic carbocycles. The first-order valence-electron chi connectivity index (χ1n) is 6.51. The zero-order valence-electron chi connectivity index (χ0n) is 10.6. The zero-order chi connectivity index (χ0) is 11.6. The van der Waals surface area contributed by atoms with Crippen LogP contribution < -0.4 is 10.6 Å². The fourth-order valence-corrected chi connectivity index (χ4v) is 2.04. The normalized spacial score (nSPS) is 21.6. The van der Waals surface area contributed by atoms with E-state index >= 15 is 0 Å². The van der Waals surface area contributed by atoms with Crippen molar-refractivity contribution in [2.75, 3.05) is 39.4 Å². The van der Waals surface area contributed by atoms with Gasteiger partial charge < -0.3 is 20.1 Å². The van der Waals surface area contributed by atoms with E-state index in [1.54, 1.807) is 0 Å². The average Bonchev–Trinajstić information content (AvgIpc) is 2.31. The van der Waals surface area contributed by atoms with Crippen LogP contribution in [0.15, 0.2) is 0 Å². The van der Waals surface area contributed by atoms with Crippen LogP contribution in [0, 0.1) is 5.92 Å². The summed E-state index contributed by atoms with van der Waals surface area (Å²) in [6.45, 7) is 9.57. The van der Waals surface area contributed by atoms with E-state index in [9.17, 15) is 0 Å². The summed E-state index contributed by atoms with van der Waals surface area (Å²) in [5.74, 6) is 0.762. The Hall–Kier alpha value is -0.160. The standard InChI is InChI=1S/C12H26N2O2/c1-3-15-12(16-4-2)10-14-9-11-6-5-7-13-8-11/h11-14H,3-10H2,1-2H3.